The van der Waals surface area contributed by atoms with Gasteiger partial charge in [-0.15, -0.1) is 10.2 Å². The molecule has 0 aliphatic carbocycles. The van der Waals surface area contributed by atoms with Gasteiger partial charge in [0.2, 0.25) is 5.65 Å². The molecule has 156 valence electrons. The number of methoxy groups -OCH3 is 2. The van der Waals surface area contributed by atoms with Crippen molar-refractivity contribution < 1.29 is 19.0 Å². The molecule has 10 heteroatoms. The molecule has 0 saturated heterocycles. The molecule has 2 heterocycles. The first-order valence-corrected chi connectivity index (χ1v) is 9.51. The second kappa shape index (κ2) is 9.26. The predicted molar refractivity (Wildman–Crippen MR) is 109 cm³/mol. The Labute approximate surface area is 168 Å². The summed E-state index contributed by atoms with van der Waals surface area (Å²) in [5, 5.41) is 14.5. The van der Waals surface area contributed by atoms with Crippen LogP contribution in [-0.4, -0.2) is 59.6 Å². The molecule has 3 rings (SSSR count). The minimum Gasteiger partial charge on any atom is -0.493 e. The lowest BCUT2D eigenvalue weighted by Gasteiger charge is -2.13. The third-order valence-corrected chi connectivity index (χ3v) is 4.43. The summed E-state index contributed by atoms with van der Waals surface area (Å²) in [7, 11) is 3.19. The Morgan fingerprint density at radius 1 is 1.10 bits per heavy atom. The highest BCUT2D eigenvalue weighted by molar-refractivity contribution is 5.85. The van der Waals surface area contributed by atoms with E-state index in [0.29, 0.717) is 42.7 Å². The van der Waals surface area contributed by atoms with Crippen LogP contribution in [0.1, 0.15) is 25.6 Å². The molecule has 0 radical (unpaired) electrons. The third kappa shape index (κ3) is 4.41. The lowest BCUT2D eigenvalue weighted by Crippen LogP contribution is -2.25. The number of carbonyl (C=O) groups is 1. The molecule has 2 aromatic heterocycles. The van der Waals surface area contributed by atoms with Crippen molar-refractivity contribution in [2.45, 2.75) is 26.7 Å². The van der Waals surface area contributed by atoms with E-state index in [-0.39, 0.29) is 6.09 Å². The van der Waals surface area contributed by atoms with Crippen molar-refractivity contribution in [3.63, 3.8) is 0 Å². The molecule has 1 aromatic carbocycles. The van der Waals surface area contributed by atoms with Crippen molar-refractivity contribution >= 4 is 28.6 Å². The average molecular weight is 402 g/mol. The van der Waals surface area contributed by atoms with Crippen molar-refractivity contribution in [1.82, 2.24) is 24.9 Å². The predicted octanol–water partition coefficient (Wildman–Crippen LogP) is 2.54. The zero-order valence-corrected chi connectivity index (χ0v) is 17.1. The number of amides is 1. The Hall–Kier alpha value is -3.30. The Balaban J connectivity index is 1.76. The number of ether oxygens (including phenoxy) is 3. The van der Waals surface area contributed by atoms with Crippen LogP contribution in [0.15, 0.2) is 12.1 Å². The minimum atomic E-state index is -0.387. The standard InChI is InChI=1S/C19H26N6O4/c1-5-29-19(26)21-9-7-6-8-20-17-18-24-23-12(2)25(18)14-11-16(28-4)15(27-3)10-13(14)22-17/h10-11H,5-9H2,1-4H3,(H,20,22)(H,21,26). The molecule has 0 atom stereocenters. The normalized spacial score (nSPS) is 10.9. The smallest absolute Gasteiger partial charge is 0.407 e. The maximum atomic E-state index is 11.3. The van der Waals surface area contributed by atoms with Gasteiger partial charge in [0, 0.05) is 25.2 Å². The SMILES string of the molecule is CCOC(=O)NCCCCNc1nc2cc(OC)c(OC)cc2n2c(C)nnc12. The first-order valence-electron chi connectivity index (χ1n) is 9.51. The number of unbranched alkanes of at least 4 members (excludes halogenated alkanes) is 1. The molecule has 29 heavy (non-hydrogen) atoms. The highest BCUT2D eigenvalue weighted by Crippen LogP contribution is 2.33. The number of nitrogens with zero attached hydrogens (tertiary/aromatic N) is 4. The summed E-state index contributed by atoms with van der Waals surface area (Å²) >= 11 is 0. The van der Waals surface area contributed by atoms with Gasteiger partial charge in [0.25, 0.3) is 0 Å². The molecule has 3 aromatic rings. The van der Waals surface area contributed by atoms with E-state index in [1.54, 1.807) is 21.1 Å². The van der Waals surface area contributed by atoms with Gasteiger partial charge in [0.05, 0.1) is 31.9 Å². The van der Waals surface area contributed by atoms with Gasteiger partial charge in [-0.05, 0) is 26.7 Å². The lowest BCUT2D eigenvalue weighted by molar-refractivity contribution is 0.152. The molecule has 1 amide bonds. The summed E-state index contributed by atoms with van der Waals surface area (Å²) in [5.74, 6) is 2.62. The van der Waals surface area contributed by atoms with Gasteiger partial charge in [-0.25, -0.2) is 9.78 Å². The van der Waals surface area contributed by atoms with Gasteiger partial charge in [0.1, 0.15) is 5.82 Å². The molecule has 0 aliphatic rings. The van der Waals surface area contributed by atoms with E-state index >= 15 is 0 Å². The fourth-order valence-corrected chi connectivity index (χ4v) is 3.05. The number of nitrogens with one attached hydrogen (secondary N) is 2. The Bertz CT molecular complexity index is 1000. The number of carbonyl (C=O) groups excluding carboxylic acids is 1. The number of fused-ring (bicyclic) bond motifs is 3. The molecule has 0 aliphatic heterocycles. The number of hydrogen-bond acceptors (Lipinski definition) is 8. The van der Waals surface area contributed by atoms with Crippen molar-refractivity contribution in [3.05, 3.63) is 18.0 Å². The number of aromatic nitrogens is 4. The van der Waals surface area contributed by atoms with Gasteiger partial charge in [0.15, 0.2) is 17.3 Å². The third-order valence-electron chi connectivity index (χ3n) is 4.43. The lowest BCUT2D eigenvalue weighted by atomic mass is 10.2. The monoisotopic (exact) mass is 402 g/mol. The Morgan fingerprint density at radius 2 is 1.83 bits per heavy atom. The van der Waals surface area contributed by atoms with E-state index in [9.17, 15) is 4.79 Å². The highest BCUT2D eigenvalue weighted by Gasteiger charge is 2.16. The summed E-state index contributed by atoms with van der Waals surface area (Å²) in [6.45, 7) is 5.27. The van der Waals surface area contributed by atoms with E-state index in [1.165, 1.54) is 0 Å². The van der Waals surface area contributed by atoms with Crippen LogP contribution in [0.4, 0.5) is 10.6 Å². The average Bonchev–Trinajstić information content (AvgIpc) is 3.11. The maximum Gasteiger partial charge on any atom is 0.407 e. The van der Waals surface area contributed by atoms with E-state index in [1.807, 2.05) is 23.5 Å². The van der Waals surface area contributed by atoms with Crippen LogP contribution in [0.3, 0.4) is 0 Å². The molecule has 0 bridgehead atoms. The summed E-state index contributed by atoms with van der Waals surface area (Å²) in [6, 6.07) is 3.71. The molecule has 10 nitrogen and oxygen atoms in total. The van der Waals surface area contributed by atoms with Crippen molar-refractivity contribution in [2.24, 2.45) is 0 Å². The first kappa shape index (κ1) is 20.4. The fraction of sp³-hybridized carbons (Fsp3) is 0.474. The maximum absolute atomic E-state index is 11.3. The zero-order valence-electron chi connectivity index (χ0n) is 17.1. The molecular formula is C19H26N6O4. The van der Waals surface area contributed by atoms with Gasteiger partial charge >= 0.3 is 6.09 Å². The minimum absolute atomic E-state index is 0.367. The topological polar surface area (TPSA) is 112 Å². The highest BCUT2D eigenvalue weighted by atomic mass is 16.5. The van der Waals surface area contributed by atoms with Gasteiger partial charge < -0.3 is 24.8 Å². The molecule has 0 fully saturated rings. The van der Waals surface area contributed by atoms with Crippen molar-refractivity contribution in [2.75, 3.05) is 39.2 Å². The largest absolute Gasteiger partial charge is 0.493 e. The van der Waals surface area contributed by atoms with E-state index in [0.717, 1.165) is 29.7 Å². The van der Waals surface area contributed by atoms with Gasteiger partial charge in [-0.2, -0.15) is 0 Å². The molecule has 0 unspecified atom stereocenters. The number of rotatable bonds is 9. The van der Waals surface area contributed by atoms with Crippen LogP contribution in [0.25, 0.3) is 16.7 Å². The summed E-state index contributed by atoms with van der Waals surface area (Å²) in [4.78, 5) is 16.0. The van der Waals surface area contributed by atoms with E-state index < -0.39 is 0 Å². The van der Waals surface area contributed by atoms with Gasteiger partial charge in [-0.1, -0.05) is 0 Å². The van der Waals surface area contributed by atoms with Crippen LogP contribution >= 0.6 is 0 Å². The summed E-state index contributed by atoms with van der Waals surface area (Å²) in [5.41, 5.74) is 2.22. The number of aryl methyl sites for hydroxylation is 1. The molecule has 2 N–H and O–H groups in total. The molecule has 0 spiro atoms. The van der Waals surface area contributed by atoms with Crippen LogP contribution in [-0.2, 0) is 4.74 Å². The van der Waals surface area contributed by atoms with Crippen LogP contribution in [0.5, 0.6) is 11.5 Å². The van der Waals surface area contributed by atoms with Crippen molar-refractivity contribution in [3.8, 4) is 11.5 Å². The second-order valence-electron chi connectivity index (χ2n) is 6.34. The molecule has 0 saturated carbocycles. The zero-order chi connectivity index (χ0) is 20.8. The van der Waals surface area contributed by atoms with Crippen LogP contribution in [0.2, 0.25) is 0 Å². The van der Waals surface area contributed by atoms with Crippen LogP contribution < -0.4 is 20.1 Å². The fourth-order valence-electron chi connectivity index (χ4n) is 3.05. The van der Waals surface area contributed by atoms with E-state index in [2.05, 4.69) is 20.8 Å². The number of alkyl carbamates (subject to hydrolysis) is 1. The quantitative estimate of drug-likeness (QED) is 0.525. The summed E-state index contributed by atoms with van der Waals surface area (Å²) < 4.78 is 17.6. The number of benzene rings is 1. The number of hydrogen-bond donors (Lipinski definition) is 2. The molecular weight excluding hydrogens is 376 g/mol. The van der Waals surface area contributed by atoms with Crippen molar-refractivity contribution in [1.29, 1.82) is 0 Å². The summed E-state index contributed by atoms with van der Waals surface area (Å²) in [6.07, 6.45) is 1.27. The van der Waals surface area contributed by atoms with Crippen LogP contribution in [0, 0.1) is 6.92 Å². The Morgan fingerprint density at radius 3 is 2.55 bits per heavy atom. The van der Waals surface area contributed by atoms with E-state index in [4.69, 9.17) is 19.2 Å². The Kier molecular flexibility index (Phi) is 6.53. The number of anilines is 1. The van der Waals surface area contributed by atoms with Gasteiger partial charge in [-0.3, -0.25) is 4.40 Å². The second-order valence-corrected chi connectivity index (χ2v) is 6.34. The first-order chi connectivity index (χ1) is 14.1.